The van der Waals surface area contributed by atoms with E-state index >= 15 is 0 Å². The van der Waals surface area contributed by atoms with Gasteiger partial charge >= 0.3 is 0 Å². The number of methoxy groups -OCH3 is 1. The third kappa shape index (κ3) is 2.06. The largest absolute Gasteiger partial charge is 0.379 e. The first-order valence-electron chi connectivity index (χ1n) is 3.89. The molecule has 0 saturated carbocycles. The Balaban J connectivity index is 2.73. The molecular weight excluding hydrogens is 152 g/mol. The van der Waals surface area contributed by atoms with Crippen molar-refractivity contribution in [1.29, 1.82) is 0 Å². The molecule has 0 aromatic heterocycles. The minimum Gasteiger partial charge on any atom is -0.379 e. The molecule has 1 rings (SSSR count). The smallest absolute Gasteiger partial charge is 0.148 e. The maximum absolute atomic E-state index is 9.29. The van der Waals surface area contributed by atoms with Crippen LogP contribution in [-0.2, 0) is 4.74 Å². The van der Waals surface area contributed by atoms with Crippen molar-refractivity contribution >= 4 is 0 Å². The summed E-state index contributed by atoms with van der Waals surface area (Å²) in [6.45, 7) is 1.95. The number of rotatable bonds is 2. The fourth-order valence-corrected chi connectivity index (χ4v) is 1.08. The fourth-order valence-electron chi connectivity index (χ4n) is 1.08. The normalized spacial score (nSPS) is 24.9. The molecule has 0 fully saturated rings. The van der Waals surface area contributed by atoms with Crippen molar-refractivity contribution in [2.24, 2.45) is 0 Å². The van der Waals surface area contributed by atoms with Crippen LogP contribution in [-0.4, -0.2) is 18.3 Å². The first-order valence-corrected chi connectivity index (χ1v) is 3.89. The van der Waals surface area contributed by atoms with Crippen molar-refractivity contribution in [3.8, 4) is 0 Å². The summed E-state index contributed by atoms with van der Waals surface area (Å²) in [4.78, 5) is 0. The van der Waals surface area contributed by atoms with Gasteiger partial charge in [-0.25, -0.2) is 0 Å². The minimum absolute atomic E-state index is 0.255. The summed E-state index contributed by atoms with van der Waals surface area (Å²) in [6.07, 6.45) is 9.26. The van der Waals surface area contributed by atoms with E-state index in [0.717, 1.165) is 5.57 Å². The summed E-state index contributed by atoms with van der Waals surface area (Å²) in [5, 5.41) is 9.29. The van der Waals surface area contributed by atoms with Gasteiger partial charge in [0.2, 0.25) is 0 Å². The Morgan fingerprint density at radius 1 is 1.50 bits per heavy atom. The third-order valence-corrected chi connectivity index (χ3v) is 1.69. The maximum atomic E-state index is 9.29. The number of aliphatic hydroxyl groups is 1. The molecule has 12 heavy (non-hydrogen) atoms. The number of hydrogen-bond donors (Lipinski definition) is 1. The van der Waals surface area contributed by atoms with Gasteiger partial charge < -0.3 is 9.84 Å². The Hall–Kier alpha value is -0.860. The van der Waals surface area contributed by atoms with E-state index < -0.39 is 0 Å². The number of ether oxygens (including phenoxy) is 1. The van der Waals surface area contributed by atoms with Crippen LogP contribution in [0.4, 0.5) is 0 Å². The SMILES string of the molecule is C/C=C\C1=CC(OC)[C](O)C=C1. The molecule has 2 heteroatoms. The molecular formula is C10H13O2. The van der Waals surface area contributed by atoms with Gasteiger partial charge in [0.15, 0.2) is 0 Å². The Kier molecular flexibility index (Phi) is 3.26. The van der Waals surface area contributed by atoms with Gasteiger partial charge in [-0.05, 0) is 24.6 Å². The molecule has 0 saturated heterocycles. The van der Waals surface area contributed by atoms with Gasteiger partial charge in [-0.15, -0.1) is 0 Å². The monoisotopic (exact) mass is 165 g/mol. The second kappa shape index (κ2) is 4.24. The summed E-state index contributed by atoms with van der Waals surface area (Å²) in [6, 6.07) is 0. The quantitative estimate of drug-likeness (QED) is 0.678. The van der Waals surface area contributed by atoms with Crippen LogP contribution in [0, 0.1) is 6.10 Å². The van der Waals surface area contributed by atoms with Gasteiger partial charge in [0.1, 0.15) is 12.2 Å². The highest BCUT2D eigenvalue weighted by molar-refractivity contribution is 5.39. The highest BCUT2D eigenvalue weighted by Crippen LogP contribution is 2.19. The molecule has 0 aliphatic heterocycles. The van der Waals surface area contributed by atoms with Crippen LogP contribution in [0.25, 0.3) is 0 Å². The number of hydrogen-bond acceptors (Lipinski definition) is 2. The van der Waals surface area contributed by atoms with E-state index in [1.807, 2.05) is 31.2 Å². The predicted molar refractivity (Wildman–Crippen MR) is 48.0 cm³/mol. The molecule has 0 amide bonds. The molecule has 0 bridgehead atoms. The molecule has 0 heterocycles. The van der Waals surface area contributed by atoms with E-state index in [1.165, 1.54) is 0 Å². The molecule has 1 N–H and O–H groups in total. The summed E-state index contributed by atoms with van der Waals surface area (Å²) in [5.41, 5.74) is 1.06. The number of aliphatic hydroxyl groups excluding tert-OH is 1. The van der Waals surface area contributed by atoms with Gasteiger partial charge in [-0.2, -0.15) is 0 Å². The average molecular weight is 165 g/mol. The Morgan fingerprint density at radius 3 is 2.83 bits per heavy atom. The van der Waals surface area contributed by atoms with Gasteiger partial charge in [-0.3, -0.25) is 0 Å². The van der Waals surface area contributed by atoms with Gasteiger partial charge in [0, 0.05) is 7.11 Å². The molecule has 0 aromatic carbocycles. The zero-order valence-corrected chi connectivity index (χ0v) is 7.32. The topological polar surface area (TPSA) is 29.5 Å². The first-order chi connectivity index (χ1) is 5.77. The second-order valence-electron chi connectivity index (χ2n) is 2.58. The molecule has 65 valence electrons. The lowest BCUT2D eigenvalue weighted by molar-refractivity contribution is 0.0975. The van der Waals surface area contributed by atoms with Crippen LogP contribution in [0.5, 0.6) is 0 Å². The van der Waals surface area contributed by atoms with Crippen molar-refractivity contribution in [3.63, 3.8) is 0 Å². The standard InChI is InChI=1S/C10H13O2/c1-3-4-8-5-6-9(11)10(7-8)12-2/h3-7,10-11H,1-2H3/b4-3-. The molecule has 0 aromatic rings. The van der Waals surface area contributed by atoms with Gasteiger partial charge in [0.25, 0.3) is 0 Å². The molecule has 1 aliphatic rings. The van der Waals surface area contributed by atoms with Crippen LogP contribution in [0.3, 0.4) is 0 Å². The van der Waals surface area contributed by atoms with E-state index in [9.17, 15) is 5.11 Å². The van der Waals surface area contributed by atoms with Crippen LogP contribution < -0.4 is 0 Å². The zero-order valence-electron chi connectivity index (χ0n) is 7.32. The summed E-state index contributed by atoms with van der Waals surface area (Å²) < 4.78 is 5.03. The Labute approximate surface area is 72.9 Å². The lowest BCUT2D eigenvalue weighted by atomic mass is 10.0. The van der Waals surface area contributed by atoms with Crippen LogP contribution in [0.2, 0.25) is 0 Å². The maximum Gasteiger partial charge on any atom is 0.148 e. The average Bonchev–Trinajstić information content (AvgIpc) is 2.09. The van der Waals surface area contributed by atoms with E-state index in [0.29, 0.717) is 0 Å². The van der Waals surface area contributed by atoms with Gasteiger partial charge in [0.05, 0.1) is 0 Å². The Morgan fingerprint density at radius 2 is 2.25 bits per heavy atom. The van der Waals surface area contributed by atoms with E-state index in [2.05, 4.69) is 0 Å². The predicted octanol–water partition coefficient (Wildman–Crippen LogP) is 1.98. The van der Waals surface area contributed by atoms with E-state index in [1.54, 1.807) is 13.2 Å². The van der Waals surface area contributed by atoms with Crippen molar-refractivity contribution < 1.29 is 9.84 Å². The number of allylic oxidation sites excluding steroid dienone is 4. The summed E-state index contributed by atoms with van der Waals surface area (Å²) in [5.74, 6) is 0. The van der Waals surface area contributed by atoms with Crippen LogP contribution in [0.15, 0.2) is 36.0 Å². The van der Waals surface area contributed by atoms with Crippen LogP contribution >= 0.6 is 0 Å². The van der Waals surface area contributed by atoms with E-state index in [4.69, 9.17) is 4.74 Å². The van der Waals surface area contributed by atoms with Crippen molar-refractivity contribution in [2.75, 3.05) is 7.11 Å². The summed E-state index contributed by atoms with van der Waals surface area (Å²) >= 11 is 0. The first kappa shape index (κ1) is 9.23. The van der Waals surface area contributed by atoms with Crippen molar-refractivity contribution in [3.05, 3.63) is 42.1 Å². The van der Waals surface area contributed by atoms with Crippen molar-refractivity contribution in [1.82, 2.24) is 0 Å². The second-order valence-corrected chi connectivity index (χ2v) is 2.58. The molecule has 1 aliphatic carbocycles. The summed E-state index contributed by atoms with van der Waals surface area (Å²) in [7, 11) is 1.57. The van der Waals surface area contributed by atoms with Crippen molar-refractivity contribution in [2.45, 2.75) is 13.0 Å². The molecule has 2 nitrogen and oxygen atoms in total. The lowest BCUT2D eigenvalue weighted by Gasteiger charge is -2.18. The molecule has 0 spiro atoms. The fraction of sp³-hybridized carbons (Fsp3) is 0.300. The minimum atomic E-state index is -0.291. The molecule has 1 atom stereocenters. The molecule has 1 unspecified atom stereocenters. The lowest BCUT2D eigenvalue weighted by Crippen LogP contribution is -2.19. The Bertz CT molecular complexity index is 226. The zero-order chi connectivity index (χ0) is 8.97. The molecule has 1 radical (unpaired) electrons. The van der Waals surface area contributed by atoms with Gasteiger partial charge in [-0.1, -0.05) is 18.2 Å². The third-order valence-electron chi connectivity index (χ3n) is 1.69. The highest BCUT2D eigenvalue weighted by Gasteiger charge is 2.17. The highest BCUT2D eigenvalue weighted by atomic mass is 16.5. The van der Waals surface area contributed by atoms with Crippen LogP contribution in [0.1, 0.15) is 6.92 Å². The van der Waals surface area contributed by atoms with E-state index in [-0.39, 0.29) is 12.2 Å².